The van der Waals surface area contributed by atoms with Gasteiger partial charge in [0.25, 0.3) is 0 Å². The topological polar surface area (TPSA) is 3.24 Å². The number of hydrogen-bond donors (Lipinski definition) is 0. The Morgan fingerprint density at radius 1 is 1.58 bits per heavy atom. The summed E-state index contributed by atoms with van der Waals surface area (Å²) in [5.74, 6) is 0. The van der Waals surface area contributed by atoms with Crippen molar-refractivity contribution in [3.63, 3.8) is 0 Å². The van der Waals surface area contributed by atoms with Crippen molar-refractivity contribution >= 4 is 7.85 Å². The standard InChI is InChI=1S/C6H10BF2N.C2H6/c1-10-4-6(7,9)2-5(10)3-8;1-2/h5H,2-4H2,1H3;1-2H3. The van der Waals surface area contributed by atoms with Gasteiger partial charge in [0.15, 0.2) is 0 Å². The van der Waals surface area contributed by atoms with Gasteiger partial charge in [0, 0.05) is 12.6 Å². The Kier molecular flexibility index (Phi) is 4.75. The molecule has 0 spiro atoms. The van der Waals surface area contributed by atoms with Crippen LogP contribution in [-0.4, -0.2) is 44.6 Å². The van der Waals surface area contributed by atoms with E-state index >= 15 is 0 Å². The first-order valence-corrected chi connectivity index (χ1v) is 4.29. The minimum atomic E-state index is -1.68. The molecule has 70 valence electrons. The smallest absolute Gasteiger partial charge is 0.123 e. The predicted molar refractivity (Wildman–Crippen MR) is 48.0 cm³/mol. The molecule has 0 amide bonds. The Bertz CT molecular complexity index is 130. The van der Waals surface area contributed by atoms with Crippen LogP contribution < -0.4 is 0 Å². The van der Waals surface area contributed by atoms with E-state index in [1.165, 1.54) is 0 Å². The van der Waals surface area contributed by atoms with Crippen LogP contribution in [0.2, 0.25) is 0 Å². The molecule has 0 aliphatic carbocycles. The van der Waals surface area contributed by atoms with E-state index in [1.807, 2.05) is 13.8 Å². The number of alkyl halides is 2. The number of hydrogen-bond acceptors (Lipinski definition) is 1. The lowest BCUT2D eigenvalue weighted by Gasteiger charge is -2.14. The second-order valence-corrected chi connectivity index (χ2v) is 2.96. The maximum atomic E-state index is 12.9. The summed E-state index contributed by atoms with van der Waals surface area (Å²) in [7, 11) is 6.84. The van der Waals surface area contributed by atoms with Gasteiger partial charge in [0.2, 0.25) is 0 Å². The average molecular weight is 175 g/mol. The summed E-state index contributed by atoms with van der Waals surface area (Å²) < 4.78 is 24.9. The molecule has 0 saturated carbocycles. The molecule has 12 heavy (non-hydrogen) atoms. The van der Waals surface area contributed by atoms with E-state index in [9.17, 15) is 8.78 Å². The zero-order chi connectivity index (χ0) is 9.78. The van der Waals surface area contributed by atoms with E-state index in [1.54, 1.807) is 11.9 Å². The van der Waals surface area contributed by atoms with Crippen LogP contribution in [0.25, 0.3) is 0 Å². The number of halogens is 2. The first kappa shape index (κ1) is 11.9. The molecule has 1 aliphatic rings. The lowest BCUT2D eigenvalue weighted by molar-refractivity contribution is 0.248. The van der Waals surface area contributed by atoms with Gasteiger partial charge in [-0.05, 0) is 13.5 Å². The zero-order valence-corrected chi connectivity index (χ0v) is 7.98. The SMILES string of the molecule is CC.[B]C1(F)CC(CF)N(C)C1. The summed E-state index contributed by atoms with van der Waals surface area (Å²) in [6, 6.07) is -0.324. The van der Waals surface area contributed by atoms with Crippen molar-refractivity contribution in [3.05, 3.63) is 0 Å². The van der Waals surface area contributed by atoms with Gasteiger partial charge in [-0.25, -0.2) is 4.39 Å². The third kappa shape index (κ3) is 3.09. The van der Waals surface area contributed by atoms with Crippen LogP contribution in [0.3, 0.4) is 0 Å². The van der Waals surface area contributed by atoms with Crippen molar-refractivity contribution in [2.45, 2.75) is 31.9 Å². The summed E-state index contributed by atoms with van der Waals surface area (Å²) in [5, 5.41) is 0. The van der Waals surface area contributed by atoms with Crippen LogP contribution in [0, 0.1) is 0 Å². The van der Waals surface area contributed by atoms with Crippen LogP contribution in [0.15, 0.2) is 0 Å². The van der Waals surface area contributed by atoms with Crippen molar-refractivity contribution in [3.8, 4) is 0 Å². The first-order chi connectivity index (χ1) is 5.55. The van der Waals surface area contributed by atoms with Crippen molar-refractivity contribution in [2.24, 2.45) is 0 Å². The average Bonchev–Trinajstić information content (AvgIpc) is 2.28. The fourth-order valence-electron chi connectivity index (χ4n) is 1.33. The van der Waals surface area contributed by atoms with Crippen molar-refractivity contribution < 1.29 is 8.78 Å². The number of likely N-dealkylation sites (tertiary alicyclic amines) is 1. The maximum absolute atomic E-state index is 12.9. The summed E-state index contributed by atoms with van der Waals surface area (Å²) >= 11 is 0. The fourth-order valence-corrected chi connectivity index (χ4v) is 1.33. The normalized spacial score (nSPS) is 35.9. The number of rotatable bonds is 1. The quantitative estimate of drug-likeness (QED) is 0.546. The summed E-state index contributed by atoms with van der Waals surface area (Å²) in [6.07, 6.45) is 0.111. The molecule has 1 heterocycles. The van der Waals surface area contributed by atoms with Crippen molar-refractivity contribution in [1.29, 1.82) is 0 Å². The first-order valence-electron chi connectivity index (χ1n) is 4.29. The third-order valence-corrected chi connectivity index (χ3v) is 1.89. The molecule has 1 nitrogen and oxygen atoms in total. The van der Waals surface area contributed by atoms with E-state index in [0.29, 0.717) is 0 Å². The highest BCUT2D eigenvalue weighted by Gasteiger charge is 2.38. The van der Waals surface area contributed by atoms with Crippen LogP contribution >= 0.6 is 0 Å². The highest BCUT2D eigenvalue weighted by molar-refractivity contribution is 6.14. The van der Waals surface area contributed by atoms with Gasteiger partial charge in [0.05, 0.1) is 5.57 Å². The molecule has 4 heteroatoms. The minimum Gasteiger partial charge on any atom is -0.298 e. The maximum Gasteiger partial charge on any atom is 0.123 e. The van der Waals surface area contributed by atoms with E-state index < -0.39 is 12.2 Å². The predicted octanol–water partition coefficient (Wildman–Crippen LogP) is 1.52. The Morgan fingerprint density at radius 3 is 2.25 bits per heavy atom. The highest BCUT2D eigenvalue weighted by Crippen LogP contribution is 2.26. The summed E-state index contributed by atoms with van der Waals surface area (Å²) in [5.41, 5.74) is -1.68. The van der Waals surface area contributed by atoms with Gasteiger partial charge in [-0.1, -0.05) is 13.8 Å². The molecular weight excluding hydrogens is 159 g/mol. The molecule has 2 unspecified atom stereocenters. The van der Waals surface area contributed by atoms with Gasteiger partial charge >= 0.3 is 0 Å². The molecule has 1 fully saturated rings. The largest absolute Gasteiger partial charge is 0.298 e. The van der Waals surface area contributed by atoms with Gasteiger partial charge in [-0.15, -0.1) is 0 Å². The van der Waals surface area contributed by atoms with Crippen LogP contribution in [0.5, 0.6) is 0 Å². The zero-order valence-electron chi connectivity index (χ0n) is 7.98. The summed E-state index contributed by atoms with van der Waals surface area (Å²) in [4.78, 5) is 1.61. The van der Waals surface area contributed by atoms with Crippen LogP contribution in [0.1, 0.15) is 20.3 Å². The van der Waals surface area contributed by atoms with E-state index in [2.05, 4.69) is 0 Å². The lowest BCUT2D eigenvalue weighted by Crippen LogP contribution is -2.28. The van der Waals surface area contributed by atoms with Crippen LogP contribution in [-0.2, 0) is 0 Å². The Hall–Kier alpha value is -0.115. The molecule has 1 rings (SSSR count). The molecule has 2 atom stereocenters. The Labute approximate surface area is 74.5 Å². The van der Waals surface area contributed by atoms with Crippen molar-refractivity contribution in [2.75, 3.05) is 20.3 Å². The molecule has 1 aliphatic heterocycles. The monoisotopic (exact) mass is 175 g/mol. The second kappa shape index (κ2) is 4.80. The van der Waals surface area contributed by atoms with Gasteiger partial charge < -0.3 is 0 Å². The van der Waals surface area contributed by atoms with Crippen molar-refractivity contribution in [1.82, 2.24) is 4.90 Å². The van der Waals surface area contributed by atoms with Gasteiger partial charge in [-0.3, -0.25) is 9.29 Å². The summed E-state index contributed by atoms with van der Waals surface area (Å²) in [6.45, 7) is 3.63. The fraction of sp³-hybridized carbons (Fsp3) is 1.00. The van der Waals surface area contributed by atoms with Gasteiger partial charge in [0.1, 0.15) is 14.5 Å². The van der Waals surface area contributed by atoms with Crippen LogP contribution in [0.4, 0.5) is 8.78 Å². The molecular formula is C8H16BF2N. The van der Waals surface area contributed by atoms with Gasteiger partial charge in [-0.2, -0.15) is 0 Å². The number of nitrogens with zero attached hydrogens (tertiary/aromatic N) is 1. The lowest BCUT2D eigenvalue weighted by atomic mass is 9.82. The molecule has 2 radical (unpaired) electrons. The minimum absolute atomic E-state index is 0.111. The Morgan fingerprint density at radius 2 is 2.08 bits per heavy atom. The Balaban J connectivity index is 0.000000561. The molecule has 0 aromatic carbocycles. The molecule has 1 saturated heterocycles. The molecule has 0 aromatic heterocycles. The third-order valence-electron chi connectivity index (χ3n) is 1.89. The van der Waals surface area contributed by atoms with E-state index in [0.717, 1.165) is 0 Å². The molecule has 0 bridgehead atoms. The second-order valence-electron chi connectivity index (χ2n) is 2.96. The molecule has 0 aromatic rings. The highest BCUT2D eigenvalue weighted by atomic mass is 19.1. The molecule has 0 N–H and O–H groups in total. The van der Waals surface area contributed by atoms with E-state index in [4.69, 9.17) is 7.85 Å². The van der Waals surface area contributed by atoms with E-state index in [-0.39, 0.29) is 19.0 Å².